The van der Waals surface area contributed by atoms with Gasteiger partial charge in [-0.05, 0) is 43.9 Å². The second kappa shape index (κ2) is 5.01. The molecule has 1 aromatic rings. The third-order valence-electron chi connectivity index (χ3n) is 2.53. The van der Waals surface area contributed by atoms with Gasteiger partial charge in [-0.15, -0.1) is 6.58 Å². The molecular formula is C14H20O. The summed E-state index contributed by atoms with van der Waals surface area (Å²) >= 11 is 0. The third kappa shape index (κ3) is 2.85. The van der Waals surface area contributed by atoms with Crippen LogP contribution in [0.5, 0.6) is 5.75 Å². The highest BCUT2D eigenvalue weighted by atomic mass is 16.5. The topological polar surface area (TPSA) is 9.23 Å². The van der Waals surface area contributed by atoms with Crippen molar-refractivity contribution in [2.24, 2.45) is 0 Å². The average molecular weight is 204 g/mol. The Morgan fingerprint density at radius 1 is 1.27 bits per heavy atom. The van der Waals surface area contributed by atoms with Crippen LogP contribution in [0.25, 0.3) is 0 Å². The summed E-state index contributed by atoms with van der Waals surface area (Å²) in [5.41, 5.74) is 2.52. The molecule has 1 nitrogen and oxygen atoms in total. The van der Waals surface area contributed by atoms with Crippen LogP contribution in [0.1, 0.15) is 37.8 Å². The van der Waals surface area contributed by atoms with Gasteiger partial charge in [0, 0.05) is 0 Å². The highest BCUT2D eigenvalue weighted by molar-refractivity contribution is 5.42. The standard InChI is InChI=1S/C14H20O/c1-6-11(4)13-8-7-9-14(12(13)5)15-10(2)3/h6-11H,1H2,2-5H3. The van der Waals surface area contributed by atoms with E-state index >= 15 is 0 Å². The molecule has 0 fully saturated rings. The molecule has 0 saturated carbocycles. The lowest BCUT2D eigenvalue weighted by molar-refractivity contribution is 0.240. The zero-order chi connectivity index (χ0) is 11.4. The van der Waals surface area contributed by atoms with Gasteiger partial charge in [0.15, 0.2) is 0 Å². The zero-order valence-electron chi connectivity index (χ0n) is 10.1. The number of hydrogen-bond donors (Lipinski definition) is 0. The molecule has 0 aliphatic heterocycles. The molecule has 1 atom stereocenters. The minimum Gasteiger partial charge on any atom is -0.491 e. The van der Waals surface area contributed by atoms with E-state index in [1.807, 2.05) is 32.1 Å². The van der Waals surface area contributed by atoms with E-state index in [1.165, 1.54) is 11.1 Å². The van der Waals surface area contributed by atoms with Crippen molar-refractivity contribution in [3.8, 4) is 5.75 Å². The summed E-state index contributed by atoms with van der Waals surface area (Å²) < 4.78 is 5.75. The number of rotatable bonds is 4. The minimum absolute atomic E-state index is 0.220. The van der Waals surface area contributed by atoms with Gasteiger partial charge >= 0.3 is 0 Å². The summed E-state index contributed by atoms with van der Waals surface area (Å²) in [5.74, 6) is 1.36. The Morgan fingerprint density at radius 3 is 2.47 bits per heavy atom. The van der Waals surface area contributed by atoms with E-state index in [4.69, 9.17) is 4.74 Å². The Kier molecular flexibility index (Phi) is 3.96. The molecule has 0 aromatic heterocycles. The van der Waals surface area contributed by atoms with Gasteiger partial charge < -0.3 is 4.74 Å². The first-order valence-corrected chi connectivity index (χ1v) is 5.45. The van der Waals surface area contributed by atoms with Gasteiger partial charge in [0.05, 0.1) is 6.10 Å². The Balaban J connectivity index is 3.05. The van der Waals surface area contributed by atoms with Crippen LogP contribution in [-0.2, 0) is 0 Å². The van der Waals surface area contributed by atoms with Gasteiger partial charge in [0.25, 0.3) is 0 Å². The fourth-order valence-corrected chi connectivity index (χ4v) is 1.63. The maximum Gasteiger partial charge on any atom is 0.122 e. The monoisotopic (exact) mass is 204 g/mol. The molecule has 0 heterocycles. The van der Waals surface area contributed by atoms with Gasteiger partial charge in [-0.1, -0.05) is 25.1 Å². The lowest BCUT2D eigenvalue weighted by Gasteiger charge is -2.17. The maximum atomic E-state index is 5.75. The van der Waals surface area contributed by atoms with E-state index in [0.29, 0.717) is 5.92 Å². The van der Waals surface area contributed by atoms with Gasteiger partial charge in [0.2, 0.25) is 0 Å². The quantitative estimate of drug-likeness (QED) is 0.672. The fraction of sp³-hybridized carbons (Fsp3) is 0.429. The summed E-state index contributed by atoms with van der Waals surface area (Å²) in [6.45, 7) is 12.2. The second-order valence-corrected chi connectivity index (χ2v) is 4.16. The van der Waals surface area contributed by atoms with Crippen LogP contribution in [0.2, 0.25) is 0 Å². The van der Waals surface area contributed by atoms with Gasteiger partial charge in [-0.25, -0.2) is 0 Å². The van der Waals surface area contributed by atoms with Crippen LogP contribution in [0, 0.1) is 6.92 Å². The van der Waals surface area contributed by atoms with E-state index in [1.54, 1.807) is 0 Å². The van der Waals surface area contributed by atoms with Crippen LogP contribution in [0.4, 0.5) is 0 Å². The summed E-state index contributed by atoms with van der Waals surface area (Å²) in [5, 5.41) is 0. The van der Waals surface area contributed by atoms with E-state index in [2.05, 4.69) is 26.5 Å². The smallest absolute Gasteiger partial charge is 0.122 e. The molecule has 1 rings (SSSR count). The fourth-order valence-electron chi connectivity index (χ4n) is 1.63. The van der Waals surface area contributed by atoms with E-state index in [0.717, 1.165) is 5.75 Å². The molecule has 0 N–H and O–H groups in total. The normalized spacial score (nSPS) is 12.6. The summed E-state index contributed by atoms with van der Waals surface area (Å²) in [4.78, 5) is 0. The first-order chi connectivity index (χ1) is 7.06. The molecule has 0 aliphatic rings. The summed E-state index contributed by atoms with van der Waals surface area (Å²) in [6, 6.07) is 6.20. The zero-order valence-corrected chi connectivity index (χ0v) is 10.1. The number of hydrogen-bond acceptors (Lipinski definition) is 1. The molecule has 0 aliphatic carbocycles. The van der Waals surface area contributed by atoms with Crippen molar-refractivity contribution in [3.63, 3.8) is 0 Å². The molecular weight excluding hydrogens is 184 g/mol. The molecule has 1 aromatic carbocycles. The molecule has 0 radical (unpaired) electrons. The largest absolute Gasteiger partial charge is 0.491 e. The van der Waals surface area contributed by atoms with Crippen molar-refractivity contribution in [1.29, 1.82) is 0 Å². The van der Waals surface area contributed by atoms with Crippen molar-refractivity contribution < 1.29 is 4.74 Å². The van der Waals surface area contributed by atoms with Crippen LogP contribution in [0.15, 0.2) is 30.9 Å². The van der Waals surface area contributed by atoms with E-state index in [-0.39, 0.29) is 6.10 Å². The Bertz CT molecular complexity index is 339. The first-order valence-electron chi connectivity index (χ1n) is 5.45. The Hall–Kier alpha value is -1.24. The van der Waals surface area contributed by atoms with Crippen LogP contribution in [-0.4, -0.2) is 6.10 Å². The lowest BCUT2D eigenvalue weighted by Crippen LogP contribution is -2.07. The first kappa shape index (κ1) is 11.8. The molecule has 82 valence electrons. The molecule has 0 amide bonds. The van der Waals surface area contributed by atoms with E-state index < -0.39 is 0 Å². The highest BCUT2D eigenvalue weighted by Crippen LogP contribution is 2.28. The number of ether oxygens (including phenoxy) is 1. The Morgan fingerprint density at radius 2 is 1.93 bits per heavy atom. The number of benzene rings is 1. The van der Waals surface area contributed by atoms with Crippen molar-refractivity contribution in [2.45, 2.75) is 39.7 Å². The molecule has 0 saturated heterocycles. The molecule has 1 heteroatoms. The van der Waals surface area contributed by atoms with Crippen molar-refractivity contribution in [1.82, 2.24) is 0 Å². The van der Waals surface area contributed by atoms with E-state index in [9.17, 15) is 0 Å². The molecule has 0 bridgehead atoms. The number of allylic oxidation sites excluding steroid dienone is 1. The van der Waals surface area contributed by atoms with Gasteiger partial charge in [0.1, 0.15) is 5.75 Å². The minimum atomic E-state index is 0.220. The SMILES string of the molecule is C=CC(C)c1cccc(OC(C)C)c1C. The summed E-state index contributed by atoms with van der Waals surface area (Å²) in [6.07, 6.45) is 2.18. The van der Waals surface area contributed by atoms with Gasteiger partial charge in [-0.3, -0.25) is 0 Å². The van der Waals surface area contributed by atoms with Crippen LogP contribution < -0.4 is 4.74 Å². The molecule has 1 unspecified atom stereocenters. The second-order valence-electron chi connectivity index (χ2n) is 4.16. The predicted octanol–water partition coefficient (Wildman–Crippen LogP) is 4.07. The van der Waals surface area contributed by atoms with Crippen molar-refractivity contribution in [3.05, 3.63) is 42.0 Å². The maximum absolute atomic E-state index is 5.75. The molecule has 0 spiro atoms. The predicted molar refractivity (Wildman–Crippen MR) is 65.6 cm³/mol. The van der Waals surface area contributed by atoms with Crippen LogP contribution in [0.3, 0.4) is 0 Å². The molecule has 15 heavy (non-hydrogen) atoms. The Labute approximate surface area is 92.8 Å². The van der Waals surface area contributed by atoms with Crippen LogP contribution >= 0.6 is 0 Å². The average Bonchev–Trinajstić information content (AvgIpc) is 2.19. The van der Waals surface area contributed by atoms with Crippen molar-refractivity contribution >= 4 is 0 Å². The third-order valence-corrected chi connectivity index (χ3v) is 2.53. The lowest BCUT2D eigenvalue weighted by atomic mass is 9.96. The summed E-state index contributed by atoms with van der Waals surface area (Å²) in [7, 11) is 0. The van der Waals surface area contributed by atoms with Gasteiger partial charge in [-0.2, -0.15) is 0 Å². The van der Waals surface area contributed by atoms with Crippen molar-refractivity contribution in [2.75, 3.05) is 0 Å². The highest BCUT2D eigenvalue weighted by Gasteiger charge is 2.09.